The van der Waals surface area contributed by atoms with Crippen LogP contribution in [0.5, 0.6) is 11.5 Å². The van der Waals surface area contributed by atoms with Crippen LogP contribution in [-0.2, 0) is 6.54 Å². The van der Waals surface area contributed by atoms with Crippen molar-refractivity contribution < 1.29 is 9.84 Å². The maximum absolute atomic E-state index is 9.75. The summed E-state index contributed by atoms with van der Waals surface area (Å²) < 4.78 is 6.11. The van der Waals surface area contributed by atoms with Crippen molar-refractivity contribution in [1.82, 2.24) is 5.32 Å². The number of phenols is 1. The Kier molecular flexibility index (Phi) is 5.04. The second-order valence-corrected chi connectivity index (χ2v) is 5.58. The monoisotopic (exact) mass is 335 g/mol. The van der Waals surface area contributed by atoms with E-state index in [9.17, 15) is 5.11 Å². The lowest BCUT2D eigenvalue weighted by molar-refractivity contribution is 0.373. The van der Waals surface area contributed by atoms with Crippen LogP contribution in [-0.4, -0.2) is 12.2 Å². The summed E-state index contributed by atoms with van der Waals surface area (Å²) in [6.07, 6.45) is 0. The lowest BCUT2D eigenvalue weighted by Gasteiger charge is -2.15. The van der Waals surface area contributed by atoms with E-state index in [1.807, 2.05) is 18.2 Å². The van der Waals surface area contributed by atoms with Gasteiger partial charge in [0.05, 0.1) is 7.11 Å². The van der Waals surface area contributed by atoms with Gasteiger partial charge in [0.2, 0.25) is 0 Å². The summed E-state index contributed by atoms with van der Waals surface area (Å²) in [7, 11) is 1.54. The van der Waals surface area contributed by atoms with Crippen molar-refractivity contribution >= 4 is 15.9 Å². The fourth-order valence-corrected chi connectivity index (χ4v) is 2.43. The molecule has 0 aliphatic heterocycles. The lowest BCUT2D eigenvalue weighted by atomic mass is 10.1. The lowest BCUT2D eigenvalue weighted by Crippen LogP contribution is -2.18. The molecular formula is C16H18BrNO2. The van der Waals surface area contributed by atoms with Crippen molar-refractivity contribution in [3.8, 4) is 11.5 Å². The maximum atomic E-state index is 9.75. The summed E-state index contributed by atoms with van der Waals surface area (Å²) in [4.78, 5) is 0. The minimum Gasteiger partial charge on any atom is -0.504 e. The normalized spacial score (nSPS) is 12.2. The first-order valence-electron chi connectivity index (χ1n) is 6.45. The number of phenolic OH excluding ortho intramolecular Hbond substituents is 1. The maximum Gasteiger partial charge on any atom is 0.160 e. The van der Waals surface area contributed by atoms with Crippen molar-refractivity contribution in [2.45, 2.75) is 19.5 Å². The Labute approximate surface area is 127 Å². The first-order valence-corrected chi connectivity index (χ1v) is 7.24. The zero-order chi connectivity index (χ0) is 14.5. The third-order valence-corrected chi connectivity index (χ3v) is 3.70. The standard InChI is InChI=1S/C16H18BrNO2/c1-11(13-4-3-5-14(17)9-13)18-10-12-6-7-16(20-2)15(19)8-12/h3-9,11,18-19H,10H2,1-2H3/t11-/m0/s1. The molecule has 106 valence electrons. The highest BCUT2D eigenvalue weighted by Gasteiger charge is 2.07. The Morgan fingerprint density at radius 3 is 2.70 bits per heavy atom. The van der Waals surface area contributed by atoms with Crippen LogP contribution in [0.25, 0.3) is 0 Å². The van der Waals surface area contributed by atoms with E-state index >= 15 is 0 Å². The van der Waals surface area contributed by atoms with E-state index in [1.165, 1.54) is 5.56 Å². The Balaban J connectivity index is 1.99. The van der Waals surface area contributed by atoms with Gasteiger partial charge >= 0.3 is 0 Å². The fourth-order valence-electron chi connectivity index (χ4n) is 2.01. The molecule has 0 aliphatic rings. The minimum atomic E-state index is 0.168. The smallest absolute Gasteiger partial charge is 0.160 e. The third kappa shape index (κ3) is 3.74. The van der Waals surface area contributed by atoms with Gasteiger partial charge < -0.3 is 15.2 Å². The number of benzene rings is 2. The molecule has 0 aromatic heterocycles. The van der Waals surface area contributed by atoms with Crippen LogP contribution in [0.1, 0.15) is 24.1 Å². The first kappa shape index (κ1) is 14.9. The van der Waals surface area contributed by atoms with Gasteiger partial charge in [0, 0.05) is 17.1 Å². The van der Waals surface area contributed by atoms with Gasteiger partial charge in [-0.25, -0.2) is 0 Å². The van der Waals surface area contributed by atoms with Crippen LogP contribution < -0.4 is 10.1 Å². The van der Waals surface area contributed by atoms with E-state index in [1.54, 1.807) is 19.2 Å². The van der Waals surface area contributed by atoms with E-state index in [4.69, 9.17) is 4.74 Å². The van der Waals surface area contributed by atoms with Crippen LogP contribution in [0.2, 0.25) is 0 Å². The summed E-state index contributed by atoms with van der Waals surface area (Å²) in [6.45, 7) is 2.80. The quantitative estimate of drug-likeness (QED) is 0.867. The van der Waals surface area contributed by atoms with Crippen LogP contribution in [0, 0.1) is 0 Å². The Hall–Kier alpha value is -1.52. The molecule has 1 atom stereocenters. The molecule has 2 N–H and O–H groups in total. The van der Waals surface area contributed by atoms with Gasteiger partial charge in [-0.3, -0.25) is 0 Å². The molecule has 3 nitrogen and oxygen atoms in total. The van der Waals surface area contributed by atoms with E-state index in [0.717, 1.165) is 10.0 Å². The molecule has 0 amide bonds. The zero-order valence-electron chi connectivity index (χ0n) is 11.6. The van der Waals surface area contributed by atoms with E-state index < -0.39 is 0 Å². The Morgan fingerprint density at radius 1 is 1.25 bits per heavy atom. The van der Waals surface area contributed by atoms with E-state index in [0.29, 0.717) is 12.3 Å². The molecule has 0 saturated carbocycles. The predicted octanol–water partition coefficient (Wildman–Crippen LogP) is 4.01. The molecule has 0 spiro atoms. The highest BCUT2D eigenvalue weighted by atomic mass is 79.9. The number of nitrogens with one attached hydrogen (secondary N) is 1. The molecule has 2 rings (SSSR count). The van der Waals surface area contributed by atoms with Gasteiger partial charge in [-0.1, -0.05) is 34.1 Å². The third-order valence-electron chi connectivity index (χ3n) is 3.20. The number of aromatic hydroxyl groups is 1. The van der Waals surface area contributed by atoms with Crippen molar-refractivity contribution in [2.24, 2.45) is 0 Å². The van der Waals surface area contributed by atoms with Gasteiger partial charge in [-0.05, 0) is 42.3 Å². The summed E-state index contributed by atoms with van der Waals surface area (Å²) >= 11 is 3.48. The summed E-state index contributed by atoms with van der Waals surface area (Å²) in [6, 6.07) is 13.9. The molecular weight excluding hydrogens is 318 g/mol. The van der Waals surface area contributed by atoms with E-state index in [-0.39, 0.29) is 11.8 Å². The molecule has 2 aromatic rings. The van der Waals surface area contributed by atoms with E-state index in [2.05, 4.69) is 40.3 Å². The minimum absolute atomic E-state index is 0.168. The van der Waals surface area contributed by atoms with Gasteiger partial charge in [0.1, 0.15) is 0 Å². The van der Waals surface area contributed by atoms with Crippen LogP contribution in [0.4, 0.5) is 0 Å². The first-order chi connectivity index (χ1) is 9.60. The molecule has 0 aliphatic carbocycles. The van der Waals surface area contributed by atoms with Crippen molar-refractivity contribution in [2.75, 3.05) is 7.11 Å². The Morgan fingerprint density at radius 2 is 2.05 bits per heavy atom. The summed E-state index contributed by atoms with van der Waals surface area (Å²) in [5.41, 5.74) is 2.24. The molecule has 2 aromatic carbocycles. The van der Waals surface area contributed by atoms with Crippen LogP contribution >= 0.6 is 15.9 Å². The summed E-state index contributed by atoms with van der Waals surface area (Å²) in [5.74, 6) is 0.663. The van der Waals surface area contributed by atoms with Crippen LogP contribution in [0.3, 0.4) is 0 Å². The number of hydrogen-bond acceptors (Lipinski definition) is 3. The van der Waals surface area contributed by atoms with Gasteiger partial charge in [-0.15, -0.1) is 0 Å². The highest BCUT2D eigenvalue weighted by Crippen LogP contribution is 2.26. The van der Waals surface area contributed by atoms with Gasteiger partial charge in [-0.2, -0.15) is 0 Å². The Bertz CT molecular complexity index is 586. The van der Waals surface area contributed by atoms with Gasteiger partial charge in [0.25, 0.3) is 0 Å². The second-order valence-electron chi connectivity index (χ2n) is 4.66. The molecule has 0 unspecified atom stereocenters. The zero-order valence-corrected chi connectivity index (χ0v) is 13.1. The van der Waals surface area contributed by atoms with Crippen molar-refractivity contribution in [3.05, 3.63) is 58.1 Å². The largest absolute Gasteiger partial charge is 0.504 e. The van der Waals surface area contributed by atoms with Crippen molar-refractivity contribution in [3.63, 3.8) is 0 Å². The topological polar surface area (TPSA) is 41.5 Å². The number of methoxy groups -OCH3 is 1. The van der Waals surface area contributed by atoms with Crippen molar-refractivity contribution in [1.29, 1.82) is 0 Å². The van der Waals surface area contributed by atoms with Crippen LogP contribution in [0.15, 0.2) is 46.9 Å². The summed E-state index contributed by atoms with van der Waals surface area (Å²) in [5, 5.41) is 13.2. The molecule has 0 radical (unpaired) electrons. The molecule has 0 fully saturated rings. The number of hydrogen-bond donors (Lipinski definition) is 2. The molecule has 0 saturated heterocycles. The highest BCUT2D eigenvalue weighted by molar-refractivity contribution is 9.10. The molecule has 20 heavy (non-hydrogen) atoms. The SMILES string of the molecule is COc1ccc(CN[C@@H](C)c2cccc(Br)c2)cc1O. The number of halogens is 1. The number of rotatable bonds is 5. The number of ether oxygens (including phenoxy) is 1. The molecule has 4 heteroatoms. The molecule has 0 heterocycles. The van der Waals surface area contributed by atoms with Gasteiger partial charge in [0.15, 0.2) is 11.5 Å². The molecule has 0 bridgehead atoms. The fraction of sp³-hybridized carbons (Fsp3) is 0.250. The second kappa shape index (κ2) is 6.77. The predicted molar refractivity (Wildman–Crippen MR) is 84.1 cm³/mol. The average Bonchev–Trinajstić information content (AvgIpc) is 2.45. The average molecular weight is 336 g/mol.